The van der Waals surface area contributed by atoms with E-state index in [-0.39, 0.29) is 29.6 Å². The number of pyridine rings is 1. The molecule has 226 valence electrons. The number of nitrogens with zero attached hydrogens (tertiary/aromatic N) is 4. The number of rotatable bonds is 4. The van der Waals surface area contributed by atoms with Gasteiger partial charge in [0.15, 0.2) is 5.65 Å². The van der Waals surface area contributed by atoms with Gasteiger partial charge in [-0.05, 0) is 88.3 Å². The maximum atomic E-state index is 13.0. The second kappa shape index (κ2) is 11.8. The number of imidazole rings is 1. The fourth-order valence-electron chi connectivity index (χ4n) is 5.70. The molecular weight excluding hydrogens is 551 g/mol. The van der Waals surface area contributed by atoms with Crippen LogP contribution in [0.5, 0.6) is 5.75 Å². The lowest BCUT2D eigenvalue weighted by Crippen LogP contribution is -2.38. The summed E-state index contributed by atoms with van der Waals surface area (Å²) in [7, 11) is 0. The van der Waals surface area contributed by atoms with Crippen molar-refractivity contribution in [2.24, 2.45) is 0 Å². The van der Waals surface area contributed by atoms with Crippen LogP contribution in [-0.4, -0.2) is 74.9 Å². The number of H-pyrrole nitrogens is 1. The Bertz CT molecular complexity index is 1410. The number of amides is 2. The monoisotopic (exact) mass is 587 g/mol. The van der Waals surface area contributed by atoms with Crippen LogP contribution in [0.25, 0.3) is 11.2 Å². The number of halogens is 3. The molecule has 2 fully saturated rings. The lowest BCUT2D eigenvalue weighted by Gasteiger charge is -2.32. The van der Waals surface area contributed by atoms with E-state index < -0.39 is 12.0 Å². The predicted octanol–water partition coefficient (Wildman–Crippen LogP) is 6.38. The molecule has 0 unspecified atom stereocenters. The maximum Gasteiger partial charge on any atom is 0.573 e. The van der Waals surface area contributed by atoms with Crippen LogP contribution in [0.1, 0.15) is 86.5 Å². The molecule has 2 aliphatic heterocycles. The highest BCUT2D eigenvalue weighted by Gasteiger charge is 2.32. The summed E-state index contributed by atoms with van der Waals surface area (Å²) >= 11 is 0. The van der Waals surface area contributed by atoms with Gasteiger partial charge in [0, 0.05) is 43.9 Å². The van der Waals surface area contributed by atoms with Crippen LogP contribution >= 0.6 is 0 Å². The van der Waals surface area contributed by atoms with Gasteiger partial charge in [-0.1, -0.05) is 6.42 Å². The van der Waals surface area contributed by atoms with E-state index in [1.54, 1.807) is 16.0 Å². The summed E-state index contributed by atoms with van der Waals surface area (Å²) in [4.78, 5) is 42.2. The van der Waals surface area contributed by atoms with Crippen LogP contribution in [0.4, 0.5) is 18.0 Å². The van der Waals surface area contributed by atoms with Crippen LogP contribution in [0, 0.1) is 0 Å². The molecule has 1 aromatic carbocycles. The summed E-state index contributed by atoms with van der Waals surface area (Å²) < 4.78 is 46.9. The van der Waals surface area contributed by atoms with E-state index >= 15 is 0 Å². The third kappa shape index (κ3) is 7.14. The molecule has 1 atom stereocenters. The Morgan fingerprint density at radius 2 is 1.64 bits per heavy atom. The predicted molar refractivity (Wildman–Crippen MR) is 149 cm³/mol. The van der Waals surface area contributed by atoms with Crippen molar-refractivity contribution in [3.05, 3.63) is 53.5 Å². The second-order valence-electron chi connectivity index (χ2n) is 12.0. The lowest BCUT2D eigenvalue weighted by molar-refractivity contribution is -0.274. The molecule has 0 spiro atoms. The highest BCUT2D eigenvalue weighted by atomic mass is 19.4. The van der Waals surface area contributed by atoms with Crippen molar-refractivity contribution in [3.8, 4) is 5.75 Å². The lowest BCUT2D eigenvalue weighted by atomic mass is 9.89. The van der Waals surface area contributed by atoms with Gasteiger partial charge in [-0.2, -0.15) is 0 Å². The van der Waals surface area contributed by atoms with E-state index in [0.717, 1.165) is 61.1 Å². The zero-order chi connectivity index (χ0) is 30.1. The molecule has 42 heavy (non-hydrogen) atoms. The Kier molecular flexibility index (Phi) is 8.34. The first-order valence-corrected chi connectivity index (χ1v) is 14.3. The molecule has 2 aromatic heterocycles. The second-order valence-corrected chi connectivity index (χ2v) is 12.0. The number of benzene rings is 1. The fourth-order valence-corrected chi connectivity index (χ4v) is 5.70. The Balaban J connectivity index is 1.25. The molecule has 12 heteroatoms. The van der Waals surface area contributed by atoms with Crippen molar-refractivity contribution in [3.63, 3.8) is 0 Å². The van der Waals surface area contributed by atoms with E-state index in [2.05, 4.69) is 14.7 Å². The van der Waals surface area contributed by atoms with Crippen LogP contribution in [0.3, 0.4) is 0 Å². The molecule has 0 saturated carbocycles. The Labute approximate surface area is 242 Å². The Hall–Kier alpha value is -3.83. The van der Waals surface area contributed by atoms with E-state index in [4.69, 9.17) is 9.72 Å². The minimum atomic E-state index is -4.78. The van der Waals surface area contributed by atoms with Gasteiger partial charge in [-0.25, -0.2) is 14.8 Å². The smallest absolute Gasteiger partial charge is 0.444 e. The van der Waals surface area contributed by atoms with Crippen molar-refractivity contribution in [2.75, 3.05) is 26.2 Å². The number of piperidine rings is 1. The first-order valence-electron chi connectivity index (χ1n) is 14.3. The van der Waals surface area contributed by atoms with E-state index in [1.807, 2.05) is 26.8 Å². The van der Waals surface area contributed by atoms with Crippen LogP contribution in [0.15, 0.2) is 36.5 Å². The first kappa shape index (κ1) is 29.7. The number of hydrogen-bond donors (Lipinski definition) is 1. The van der Waals surface area contributed by atoms with Crippen LogP contribution < -0.4 is 4.74 Å². The van der Waals surface area contributed by atoms with Gasteiger partial charge in [0.05, 0.1) is 0 Å². The fraction of sp³-hybridized carbons (Fsp3) is 0.533. The van der Waals surface area contributed by atoms with Gasteiger partial charge < -0.3 is 24.3 Å². The van der Waals surface area contributed by atoms with Crippen LogP contribution in [0.2, 0.25) is 0 Å². The van der Waals surface area contributed by atoms with Crippen molar-refractivity contribution < 1.29 is 32.2 Å². The quantitative estimate of drug-likeness (QED) is 0.380. The number of hydrogen-bond acceptors (Lipinski definition) is 6. The molecule has 9 nitrogen and oxygen atoms in total. The number of aromatic amines is 1. The largest absolute Gasteiger partial charge is 0.573 e. The molecule has 2 amide bonds. The number of carbonyl (C=O) groups excluding carboxylic acids is 2. The van der Waals surface area contributed by atoms with Crippen molar-refractivity contribution in [1.29, 1.82) is 0 Å². The molecule has 0 aliphatic carbocycles. The third-order valence-corrected chi connectivity index (χ3v) is 7.70. The van der Waals surface area contributed by atoms with Crippen molar-refractivity contribution in [1.82, 2.24) is 24.8 Å². The summed E-state index contributed by atoms with van der Waals surface area (Å²) in [5.74, 6) is 0.433. The molecule has 5 rings (SSSR count). The minimum Gasteiger partial charge on any atom is -0.444 e. The zero-order valence-electron chi connectivity index (χ0n) is 24.0. The molecule has 0 radical (unpaired) electrons. The molecule has 2 aliphatic rings. The highest BCUT2D eigenvalue weighted by Crippen LogP contribution is 2.34. The summed E-state index contributed by atoms with van der Waals surface area (Å²) in [6.45, 7) is 7.79. The number of aromatic nitrogens is 3. The van der Waals surface area contributed by atoms with Gasteiger partial charge in [0.1, 0.15) is 22.7 Å². The number of alkyl halides is 3. The maximum absolute atomic E-state index is 13.0. The number of fused-ring (bicyclic) bond motifs is 1. The van der Waals surface area contributed by atoms with Gasteiger partial charge in [0.2, 0.25) is 0 Å². The molecule has 3 aromatic rings. The SMILES string of the molecule is CC(C)(C)OC(=O)N1CCCC[C@@H](c2nc3c(C4CCN(C(=O)c5ccc(OC(F)(F)F)cc5)CC4)ccnc3[nH]2)C1. The van der Waals surface area contributed by atoms with Crippen molar-refractivity contribution >= 4 is 23.2 Å². The topological polar surface area (TPSA) is 101 Å². The van der Waals surface area contributed by atoms with Crippen LogP contribution in [-0.2, 0) is 4.74 Å². The molecule has 4 heterocycles. The van der Waals surface area contributed by atoms with E-state index in [0.29, 0.717) is 37.4 Å². The number of likely N-dealkylation sites (tertiary alicyclic amines) is 2. The van der Waals surface area contributed by atoms with Gasteiger partial charge in [-0.15, -0.1) is 13.2 Å². The summed E-state index contributed by atoms with van der Waals surface area (Å²) in [6, 6.07) is 6.98. The molecule has 2 saturated heterocycles. The Morgan fingerprint density at radius 1 is 0.929 bits per heavy atom. The van der Waals surface area contributed by atoms with E-state index in [9.17, 15) is 22.8 Å². The average molecular weight is 588 g/mol. The van der Waals surface area contributed by atoms with E-state index in [1.165, 1.54) is 12.1 Å². The normalized spacial score (nSPS) is 19.0. The standard InChI is InChI=1S/C30H36F3N5O4/c1-29(2,3)42-28(40)38-15-5-4-6-21(18-38)25-35-24-23(11-14-34-26(24)36-25)19-12-16-37(17-13-19)27(39)20-7-9-22(10-8-20)41-30(31,32)33/h7-11,14,19,21H,4-6,12-13,15-18H2,1-3H3,(H,34,35,36)/t21-/m1/s1. The zero-order valence-corrected chi connectivity index (χ0v) is 24.0. The summed E-state index contributed by atoms with van der Waals surface area (Å²) in [5, 5.41) is 0. The van der Waals surface area contributed by atoms with Gasteiger partial charge >= 0.3 is 12.5 Å². The Morgan fingerprint density at radius 3 is 2.31 bits per heavy atom. The molecule has 0 bridgehead atoms. The van der Waals surface area contributed by atoms with Gasteiger partial charge in [0.25, 0.3) is 5.91 Å². The summed E-state index contributed by atoms with van der Waals surface area (Å²) in [6.07, 6.45) is 0.901. The highest BCUT2D eigenvalue weighted by molar-refractivity contribution is 5.94. The first-order chi connectivity index (χ1) is 19.9. The average Bonchev–Trinajstić information content (AvgIpc) is 3.21. The van der Waals surface area contributed by atoms with Crippen molar-refractivity contribution in [2.45, 2.75) is 76.7 Å². The number of carbonyl (C=O) groups is 2. The number of ether oxygens (including phenoxy) is 2. The number of nitrogens with one attached hydrogen (secondary N) is 1. The minimum absolute atomic E-state index is 0.0365. The third-order valence-electron chi connectivity index (χ3n) is 7.70. The summed E-state index contributed by atoms with van der Waals surface area (Å²) in [5.41, 5.74) is 2.34. The molecular formula is C30H36F3N5O4. The van der Waals surface area contributed by atoms with Gasteiger partial charge in [-0.3, -0.25) is 4.79 Å². The molecule has 1 N–H and O–H groups in total.